The molecule has 0 aliphatic rings. The fraction of sp³-hybridized carbons (Fsp3) is 0.500. The van der Waals surface area contributed by atoms with Gasteiger partial charge in [-0.05, 0) is 23.6 Å². The monoisotopic (exact) mass is 265 g/mol. The van der Waals surface area contributed by atoms with Crippen molar-refractivity contribution in [2.24, 2.45) is 5.84 Å². The van der Waals surface area contributed by atoms with Crippen molar-refractivity contribution in [3.63, 3.8) is 0 Å². The van der Waals surface area contributed by atoms with Crippen LogP contribution in [0.3, 0.4) is 0 Å². The SMILES string of the molecule is CCc1cc(C(C)(C)CNC(=O)NN)ccc1OC. The summed E-state index contributed by atoms with van der Waals surface area (Å²) in [4.78, 5) is 11.1. The smallest absolute Gasteiger partial charge is 0.328 e. The van der Waals surface area contributed by atoms with Gasteiger partial charge in [0.05, 0.1) is 7.11 Å². The highest BCUT2D eigenvalue weighted by molar-refractivity contribution is 5.73. The largest absolute Gasteiger partial charge is 0.496 e. The number of ether oxygens (including phenoxy) is 1. The van der Waals surface area contributed by atoms with E-state index in [1.54, 1.807) is 7.11 Å². The van der Waals surface area contributed by atoms with E-state index < -0.39 is 0 Å². The second kappa shape index (κ2) is 6.43. The van der Waals surface area contributed by atoms with E-state index in [9.17, 15) is 4.79 Å². The maximum atomic E-state index is 11.1. The summed E-state index contributed by atoms with van der Waals surface area (Å²) in [6.07, 6.45) is 0.907. The van der Waals surface area contributed by atoms with Gasteiger partial charge in [-0.25, -0.2) is 10.6 Å². The number of nitrogens with two attached hydrogens (primary N) is 1. The lowest BCUT2D eigenvalue weighted by Crippen LogP contribution is -2.44. The summed E-state index contributed by atoms with van der Waals surface area (Å²) in [7, 11) is 1.67. The third-order valence-corrected chi connectivity index (χ3v) is 3.26. The summed E-state index contributed by atoms with van der Waals surface area (Å²) in [5, 5.41) is 2.73. The lowest BCUT2D eigenvalue weighted by molar-refractivity contribution is 0.238. The predicted octanol–water partition coefficient (Wildman–Crippen LogP) is 1.71. The Labute approximate surface area is 114 Å². The van der Waals surface area contributed by atoms with Crippen LogP contribution in [-0.2, 0) is 11.8 Å². The average molecular weight is 265 g/mol. The number of urea groups is 1. The van der Waals surface area contributed by atoms with Gasteiger partial charge in [-0.15, -0.1) is 0 Å². The van der Waals surface area contributed by atoms with Crippen LogP contribution < -0.4 is 21.3 Å². The van der Waals surface area contributed by atoms with E-state index in [0.29, 0.717) is 6.54 Å². The third kappa shape index (κ3) is 3.86. The lowest BCUT2D eigenvalue weighted by atomic mass is 9.83. The molecule has 1 aromatic rings. The molecular formula is C14H23N3O2. The Morgan fingerprint density at radius 2 is 2.11 bits per heavy atom. The quantitative estimate of drug-likeness (QED) is 0.431. The molecule has 0 atom stereocenters. The van der Waals surface area contributed by atoms with E-state index in [0.717, 1.165) is 23.3 Å². The molecule has 1 rings (SSSR count). The van der Waals surface area contributed by atoms with Crippen molar-refractivity contribution in [3.8, 4) is 5.75 Å². The van der Waals surface area contributed by atoms with Gasteiger partial charge in [0, 0.05) is 12.0 Å². The summed E-state index contributed by atoms with van der Waals surface area (Å²) in [5.41, 5.74) is 4.20. The standard InChI is InChI=1S/C14H23N3O2/c1-5-10-8-11(6-7-12(10)19-4)14(2,3)9-16-13(18)17-15/h6-8H,5,9,15H2,1-4H3,(H2,16,17,18). The van der Waals surface area contributed by atoms with Crippen LogP contribution >= 0.6 is 0 Å². The number of hydrazine groups is 1. The second-order valence-corrected chi connectivity index (χ2v) is 5.09. The number of aryl methyl sites for hydroxylation is 1. The molecule has 0 heterocycles. The number of carbonyl (C=O) groups excluding carboxylic acids is 1. The van der Waals surface area contributed by atoms with Crippen molar-refractivity contribution >= 4 is 6.03 Å². The summed E-state index contributed by atoms with van der Waals surface area (Å²) in [6, 6.07) is 5.75. The zero-order chi connectivity index (χ0) is 14.5. The number of rotatable bonds is 5. The first-order valence-corrected chi connectivity index (χ1v) is 6.36. The molecule has 0 aliphatic carbocycles. The minimum Gasteiger partial charge on any atom is -0.496 e. The number of carbonyl (C=O) groups is 1. The maximum absolute atomic E-state index is 11.1. The molecule has 5 heteroatoms. The van der Waals surface area contributed by atoms with Crippen molar-refractivity contribution < 1.29 is 9.53 Å². The Hall–Kier alpha value is -1.75. The van der Waals surface area contributed by atoms with Crippen LogP contribution in [0.2, 0.25) is 0 Å². The number of amides is 2. The molecule has 0 unspecified atom stereocenters. The molecule has 0 bridgehead atoms. The second-order valence-electron chi connectivity index (χ2n) is 5.09. The molecule has 2 amide bonds. The van der Waals surface area contributed by atoms with Crippen LogP contribution in [0.25, 0.3) is 0 Å². The third-order valence-electron chi connectivity index (χ3n) is 3.26. The van der Waals surface area contributed by atoms with Gasteiger partial charge in [-0.1, -0.05) is 32.9 Å². The Kier molecular flexibility index (Phi) is 5.18. The van der Waals surface area contributed by atoms with Gasteiger partial charge in [0.25, 0.3) is 0 Å². The molecular weight excluding hydrogens is 242 g/mol. The van der Waals surface area contributed by atoms with Crippen molar-refractivity contribution in [1.82, 2.24) is 10.7 Å². The van der Waals surface area contributed by atoms with Gasteiger partial charge in [0.2, 0.25) is 0 Å². The Balaban J connectivity index is 2.91. The van der Waals surface area contributed by atoms with Crippen LogP contribution in [-0.4, -0.2) is 19.7 Å². The van der Waals surface area contributed by atoms with Crippen LogP contribution in [0.4, 0.5) is 4.79 Å². The molecule has 0 saturated heterocycles. The molecule has 0 fully saturated rings. The molecule has 0 aliphatic heterocycles. The fourth-order valence-corrected chi connectivity index (χ4v) is 1.93. The number of benzene rings is 1. The maximum Gasteiger partial charge on any atom is 0.328 e. The molecule has 4 N–H and O–H groups in total. The van der Waals surface area contributed by atoms with Gasteiger partial charge in [-0.3, -0.25) is 5.43 Å². The Bertz CT molecular complexity index is 444. The summed E-state index contributed by atoms with van der Waals surface area (Å²) in [5.74, 6) is 5.94. The van der Waals surface area contributed by atoms with E-state index in [4.69, 9.17) is 10.6 Å². The topological polar surface area (TPSA) is 76.4 Å². The van der Waals surface area contributed by atoms with E-state index >= 15 is 0 Å². The predicted molar refractivity (Wildman–Crippen MR) is 76.1 cm³/mol. The highest BCUT2D eigenvalue weighted by atomic mass is 16.5. The highest BCUT2D eigenvalue weighted by Crippen LogP contribution is 2.28. The molecule has 106 valence electrons. The minimum absolute atomic E-state index is 0.178. The summed E-state index contributed by atoms with van der Waals surface area (Å²) in [6.45, 7) is 6.75. The first kappa shape index (κ1) is 15.3. The molecule has 1 aromatic carbocycles. The fourth-order valence-electron chi connectivity index (χ4n) is 1.93. The highest BCUT2D eigenvalue weighted by Gasteiger charge is 2.22. The van der Waals surface area contributed by atoms with Gasteiger partial charge in [-0.2, -0.15) is 0 Å². The Morgan fingerprint density at radius 3 is 2.63 bits per heavy atom. The van der Waals surface area contributed by atoms with Crippen LogP contribution in [0, 0.1) is 0 Å². The van der Waals surface area contributed by atoms with Crippen molar-refractivity contribution in [1.29, 1.82) is 0 Å². The number of hydrogen-bond acceptors (Lipinski definition) is 3. The first-order valence-electron chi connectivity index (χ1n) is 6.36. The molecule has 0 spiro atoms. The molecule has 5 nitrogen and oxygen atoms in total. The summed E-state index contributed by atoms with van der Waals surface area (Å²) < 4.78 is 5.32. The zero-order valence-electron chi connectivity index (χ0n) is 12.0. The van der Waals surface area contributed by atoms with Crippen LogP contribution in [0.1, 0.15) is 31.9 Å². The molecule has 0 radical (unpaired) electrons. The van der Waals surface area contributed by atoms with Gasteiger partial charge < -0.3 is 10.1 Å². The van der Waals surface area contributed by atoms with Crippen molar-refractivity contribution in [2.45, 2.75) is 32.6 Å². The number of nitrogens with one attached hydrogen (secondary N) is 2. The van der Waals surface area contributed by atoms with Crippen molar-refractivity contribution in [2.75, 3.05) is 13.7 Å². The van der Waals surface area contributed by atoms with E-state index in [1.165, 1.54) is 0 Å². The van der Waals surface area contributed by atoms with E-state index in [1.807, 2.05) is 12.1 Å². The van der Waals surface area contributed by atoms with E-state index in [-0.39, 0.29) is 11.4 Å². The summed E-state index contributed by atoms with van der Waals surface area (Å²) >= 11 is 0. The molecule has 0 saturated carbocycles. The lowest BCUT2D eigenvalue weighted by Gasteiger charge is -2.26. The van der Waals surface area contributed by atoms with Crippen molar-refractivity contribution in [3.05, 3.63) is 29.3 Å². The average Bonchev–Trinajstić information content (AvgIpc) is 2.43. The number of methoxy groups -OCH3 is 1. The molecule has 19 heavy (non-hydrogen) atoms. The normalized spacial score (nSPS) is 11.0. The number of hydrogen-bond donors (Lipinski definition) is 3. The first-order chi connectivity index (χ1) is 8.94. The van der Waals surface area contributed by atoms with Gasteiger partial charge in [0.15, 0.2) is 0 Å². The van der Waals surface area contributed by atoms with E-state index in [2.05, 4.69) is 37.6 Å². The van der Waals surface area contributed by atoms with Gasteiger partial charge in [0.1, 0.15) is 5.75 Å². The van der Waals surface area contributed by atoms with Gasteiger partial charge >= 0.3 is 6.03 Å². The Morgan fingerprint density at radius 1 is 1.42 bits per heavy atom. The minimum atomic E-state index is -0.377. The zero-order valence-corrected chi connectivity index (χ0v) is 12.0. The van der Waals surface area contributed by atoms with Crippen LogP contribution in [0.5, 0.6) is 5.75 Å². The van der Waals surface area contributed by atoms with Crippen LogP contribution in [0.15, 0.2) is 18.2 Å². The molecule has 0 aromatic heterocycles.